The van der Waals surface area contributed by atoms with Crippen LogP contribution in [0.5, 0.6) is 0 Å². The van der Waals surface area contributed by atoms with Crippen LogP contribution in [0.25, 0.3) is 0 Å². The van der Waals surface area contributed by atoms with Crippen molar-refractivity contribution in [2.45, 2.75) is 19.4 Å². The first-order valence-corrected chi connectivity index (χ1v) is 4.17. The van der Waals surface area contributed by atoms with Gasteiger partial charge in [-0.15, -0.1) is 0 Å². The van der Waals surface area contributed by atoms with Crippen LogP contribution in [0.15, 0.2) is 5.10 Å². The predicted octanol–water partition coefficient (Wildman–Crippen LogP) is -0.213. The molecule has 1 N–H and O–H groups in total. The summed E-state index contributed by atoms with van der Waals surface area (Å²) in [7, 11) is 1.51. The van der Waals surface area contributed by atoms with E-state index in [1.54, 1.807) is 11.3 Å². The quantitative estimate of drug-likeness (QED) is 0.658. The van der Waals surface area contributed by atoms with Gasteiger partial charge in [-0.05, 0) is 13.8 Å². The minimum Gasteiger partial charge on any atom is -0.377 e. The van der Waals surface area contributed by atoms with Gasteiger partial charge < -0.3 is 4.74 Å². The first-order valence-electron chi connectivity index (χ1n) is 4.17. The van der Waals surface area contributed by atoms with Crippen molar-refractivity contribution >= 4 is 12.0 Å². The fraction of sp³-hybridized carbons (Fsp3) is 0.750. The fourth-order valence-electron chi connectivity index (χ4n) is 1.06. The van der Waals surface area contributed by atoms with E-state index in [0.717, 1.165) is 0 Å². The molecule has 1 aliphatic rings. The zero-order chi connectivity index (χ0) is 9.90. The van der Waals surface area contributed by atoms with E-state index in [2.05, 4.69) is 10.5 Å². The molecular weight excluding hydrogens is 170 g/mol. The van der Waals surface area contributed by atoms with E-state index in [0.29, 0.717) is 6.54 Å². The van der Waals surface area contributed by atoms with Gasteiger partial charge in [0.1, 0.15) is 12.1 Å². The molecule has 13 heavy (non-hydrogen) atoms. The molecule has 0 fully saturated rings. The lowest BCUT2D eigenvalue weighted by atomic mass is 10.0. The van der Waals surface area contributed by atoms with E-state index in [1.807, 2.05) is 13.8 Å². The standard InChI is InChI=1S/C8H15N3O2/c1-8(2,7(12)6-13-3)11-9-4-5-10-11/h4,10H,5-6H2,1-3H3. The molecule has 0 aromatic heterocycles. The SMILES string of the molecule is COCC(=O)C(C)(C)N1N=CCN1. The molecule has 0 aromatic carbocycles. The van der Waals surface area contributed by atoms with E-state index in [9.17, 15) is 4.79 Å². The van der Waals surface area contributed by atoms with Crippen LogP contribution < -0.4 is 5.43 Å². The number of ether oxygens (including phenoxy) is 1. The number of nitrogens with one attached hydrogen (secondary N) is 1. The zero-order valence-corrected chi connectivity index (χ0v) is 8.20. The van der Waals surface area contributed by atoms with Crippen molar-refractivity contribution in [3.05, 3.63) is 0 Å². The van der Waals surface area contributed by atoms with Crippen molar-refractivity contribution in [2.75, 3.05) is 20.3 Å². The Morgan fingerprint density at radius 3 is 2.92 bits per heavy atom. The highest BCUT2D eigenvalue weighted by molar-refractivity contribution is 5.88. The summed E-state index contributed by atoms with van der Waals surface area (Å²) in [5.74, 6) is 0.00144. The number of carbonyl (C=O) groups excluding carboxylic acids is 1. The third-order valence-electron chi connectivity index (χ3n) is 2.02. The largest absolute Gasteiger partial charge is 0.377 e. The Bertz CT molecular complexity index is 225. The van der Waals surface area contributed by atoms with Gasteiger partial charge in [-0.1, -0.05) is 0 Å². The Kier molecular flexibility index (Phi) is 3.00. The number of rotatable bonds is 4. The summed E-state index contributed by atoms with van der Waals surface area (Å²) in [6.45, 7) is 4.40. The second-order valence-corrected chi connectivity index (χ2v) is 3.39. The molecule has 5 heteroatoms. The number of hydrazone groups is 1. The van der Waals surface area contributed by atoms with Crippen molar-refractivity contribution in [2.24, 2.45) is 5.10 Å². The summed E-state index contributed by atoms with van der Waals surface area (Å²) in [6, 6.07) is 0. The van der Waals surface area contributed by atoms with E-state index >= 15 is 0 Å². The zero-order valence-electron chi connectivity index (χ0n) is 8.20. The van der Waals surface area contributed by atoms with Crippen molar-refractivity contribution in [1.29, 1.82) is 0 Å². The van der Waals surface area contributed by atoms with E-state index < -0.39 is 5.54 Å². The molecule has 0 saturated carbocycles. The van der Waals surface area contributed by atoms with Gasteiger partial charge in [0.25, 0.3) is 0 Å². The second-order valence-electron chi connectivity index (χ2n) is 3.39. The minimum absolute atomic E-state index is 0.00144. The van der Waals surface area contributed by atoms with E-state index in [-0.39, 0.29) is 12.4 Å². The molecule has 1 heterocycles. The lowest BCUT2D eigenvalue weighted by Crippen LogP contribution is -2.52. The van der Waals surface area contributed by atoms with E-state index in [1.165, 1.54) is 7.11 Å². The Morgan fingerprint density at radius 2 is 2.46 bits per heavy atom. The number of hydrogen-bond donors (Lipinski definition) is 1. The predicted molar refractivity (Wildman–Crippen MR) is 49.3 cm³/mol. The summed E-state index contributed by atoms with van der Waals surface area (Å²) in [6.07, 6.45) is 1.72. The first-order chi connectivity index (χ1) is 6.09. The van der Waals surface area contributed by atoms with Gasteiger partial charge in [0.15, 0.2) is 5.78 Å². The number of hydrogen-bond acceptors (Lipinski definition) is 5. The van der Waals surface area contributed by atoms with Crippen molar-refractivity contribution in [1.82, 2.24) is 10.5 Å². The maximum Gasteiger partial charge on any atom is 0.186 e. The summed E-state index contributed by atoms with van der Waals surface area (Å²) < 4.78 is 4.79. The topological polar surface area (TPSA) is 53.9 Å². The molecule has 1 rings (SSSR count). The van der Waals surface area contributed by atoms with Crippen LogP contribution in [-0.4, -0.2) is 42.9 Å². The normalized spacial score (nSPS) is 16.7. The monoisotopic (exact) mass is 185 g/mol. The maximum absolute atomic E-state index is 11.6. The van der Waals surface area contributed by atoms with Crippen molar-refractivity contribution < 1.29 is 9.53 Å². The molecule has 0 aromatic rings. The minimum atomic E-state index is -0.650. The Balaban J connectivity index is 2.63. The van der Waals surface area contributed by atoms with Gasteiger partial charge in [0.2, 0.25) is 0 Å². The molecule has 0 atom stereocenters. The van der Waals surface area contributed by atoms with Crippen LogP contribution >= 0.6 is 0 Å². The summed E-state index contributed by atoms with van der Waals surface area (Å²) >= 11 is 0. The third-order valence-corrected chi connectivity index (χ3v) is 2.02. The molecule has 5 nitrogen and oxygen atoms in total. The second kappa shape index (κ2) is 3.85. The average molecular weight is 185 g/mol. The van der Waals surface area contributed by atoms with Crippen LogP contribution in [0.2, 0.25) is 0 Å². The Hall–Kier alpha value is -0.940. The lowest BCUT2D eigenvalue weighted by Gasteiger charge is -2.31. The molecule has 0 saturated heterocycles. The summed E-state index contributed by atoms with van der Waals surface area (Å²) in [5, 5.41) is 5.60. The number of Topliss-reactive ketones (excluding diaryl/α,β-unsaturated/α-hetero) is 1. The van der Waals surface area contributed by atoms with Gasteiger partial charge in [-0.2, -0.15) is 5.10 Å². The van der Waals surface area contributed by atoms with Gasteiger partial charge in [0, 0.05) is 13.3 Å². The molecule has 0 amide bonds. The van der Waals surface area contributed by atoms with Gasteiger partial charge in [0.05, 0.1) is 6.54 Å². The highest BCUT2D eigenvalue weighted by Crippen LogP contribution is 2.15. The molecule has 0 unspecified atom stereocenters. The van der Waals surface area contributed by atoms with Crippen LogP contribution in [0.4, 0.5) is 0 Å². The maximum atomic E-state index is 11.6. The molecule has 0 spiro atoms. The third kappa shape index (κ3) is 2.05. The molecule has 1 aliphatic heterocycles. The van der Waals surface area contributed by atoms with Crippen LogP contribution in [-0.2, 0) is 9.53 Å². The summed E-state index contributed by atoms with van der Waals surface area (Å²) in [5.41, 5.74) is 2.32. The number of nitrogens with zero attached hydrogens (tertiary/aromatic N) is 2. The molecular formula is C8H15N3O2. The summed E-state index contributed by atoms with van der Waals surface area (Å²) in [4.78, 5) is 11.6. The molecule has 0 bridgehead atoms. The molecule has 74 valence electrons. The van der Waals surface area contributed by atoms with Crippen LogP contribution in [0.3, 0.4) is 0 Å². The average Bonchev–Trinajstić information content (AvgIpc) is 2.56. The molecule has 0 aliphatic carbocycles. The highest BCUT2D eigenvalue weighted by atomic mass is 16.5. The lowest BCUT2D eigenvalue weighted by molar-refractivity contribution is -0.134. The molecule has 0 radical (unpaired) electrons. The smallest absolute Gasteiger partial charge is 0.186 e. The first kappa shape index (κ1) is 10.1. The number of ketones is 1. The fourth-order valence-corrected chi connectivity index (χ4v) is 1.06. The van der Waals surface area contributed by atoms with Gasteiger partial charge in [-0.25, -0.2) is 10.5 Å². The Morgan fingerprint density at radius 1 is 1.77 bits per heavy atom. The number of methoxy groups -OCH3 is 1. The van der Waals surface area contributed by atoms with Crippen molar-refractivity contribution in [3.63, 3.8) is 0 Å². The highest BCUT2D eigenvalue weighted by Gasteiger charge is 2.34. The van der Waals surface area contributed by atoms with Crippen LogP contribution in [0, 0.1) is 0 Å². The van der Waals surface area contributed by atoms with Gasteiger partial charge >= 0.3 is 0 Å². The Labute approximate surface area is 77.7 Å². The van der Waals surface area contributed by atoms with Gasteiger partial charge in [-0.3, -0.25) is 4.79 Å². The number of hydrazine groups is 1. The van der Waals surface area contributed by atoms with E-state index in [4.69, 9.17) is 4.74 Å². The number of carbonyl (C=O) groups is 1. The van der Waals surface area contributed by atoms with Crippen molar-refractivity contribution in [3.8, 4) is 0 Å². The van der Waals surface area contributed by atoms with Crippen LogP contribution in [0.1, 0.15) is 13.8 Å².